The molecule has 2 fully saturated rings. The maximum Gasteiger partial charge on any atom is 0.330 e. The Labute approximate surface area is 126 Å². The summed E-state index contributed by atoms with van der Waals surface area (Å²) >= 11 is 1.75. The van der Waals surface area contributed by atoms with E-state index in [4.69, 9.17) is 4.74 Å². The standard InChI is InChI=1S/C15H26N2O2S/c1-10(2)12(13(18)19-4)16-14-17-15(9-20-14)7-5-6-11(3)8-15/h10-12H,5-9H2,1-4H3,(H,16,17). The van der Waals surface area contributed by atoms with Crippen molar-refractivity contribution in [3.63, 3.8) is 0 Å². The van der Waals surface area contributed by atoms with Crippen LogP contribution in [0.25, 0.3) is 0 Å². The number of aliphatic imine (C=N–C) groups is 1. The van der Waals surface area contributed by atoms with Gasteiger partial charge in [0, 0.05) is 11.3 Å². The highest BCUT2D eigenvalue weighted by Crippen LogP contribution is 2.38. The Bertz CT molecular complexity index is 397. The number of amidine groups is 1. The van der Waals surface area contributed by atoms with E-state index in [1.54, 1.807) is 11.8 Å². The molecule has 0 bridgehead atoms. The maximum atomic E-state index is 11.8. The number of thioether (sulfide) groups is 1. The molecule has 4 nitrogen and oxygen atoms in total. The van der Waals surface area contributed by atoms with E-state index in [1.165, 1.54) is 32.8 Å². The van der Waals surface area contributed by atoms with Gasteiger partial charge in [0.25, 0.3) is 0 Å². The summed E-state index contributed by atoms with van der Waals surface area (Å²) in [4.78, 5) is 16.4. The highest BCUT2D eigenvalue weighted by Gasteiger charge is 2.40. The van der Waals surface area contributed by atoms with Crippen molar-refractivity contribution < 1.29 is 9.53 Å². The molecule has 20 heavy (non-hydrogen) atoms. The van der Waals surface area contributed by atoms with E-state index >= 15 is 0 Å². The first-order valence-electron chi connectivity index (χ1n) is 7.52. The number of nitrogens with one attached hydrogen (secondary N) is 1. The quantitative estimate of drug-likeness (QED) is 0.814. The van der Waals surface area contributed by atoms with Crippen molar-refractivity contribution in [2.45, 2.75) is 58.0 Å². The van der Waals surface area contributed by atoms with Gasteiger partial charge < -0.3 is 10.1 Å². The Kier molecular flexibility index (Phi) is 4.99. The molecule has 1 spiro atoms. The number of carbonyl (C=O) groups is 1. The van der Waals surface area contributed by atoms with Crippen LogP contribution in [0.3, 0.4) is 0 Å². The van der Waals surface area contributed by atoms with E-state index in [-0.39, 0.29) is 17.4 Å². The minimum atomic E-state index is -0.397. The predicted molar refractivity (Wildman–Crippen MR) is 84.0 cm³/mol. The predicted octanol–water partition coefficient (Wildman–Crippen LogP) is 2.83. The molecule has 3 unspecified atom stereocenters. The van der Waals surface area contributed by atoms with Crippen LogP contribution < -0.4 is 5.32 Å². The number of methoxy groups -OCH3 is 1. The van der Waals surface area contributed by atoms with E-state index < -0.39 is 6.04 Å². The number of rotatable bonds is 3. The largest absolute Gasteiger partial charge is 0.467 e. The monoisotopic (exact) mass is 298 g/mol. The van der Waals surface area contributed by atoms with Gasteiger partial charge in [0.2, 0.25) is 0 Å². The van der Waals surface area contributed by atoms with Crippen LogP contribution in [0.4, 0.5) is 0 Å². The second-order valence-electron chi connectivity index (χ2n) is 6.54. The Hall–Kier alpha value is -0.710. The van der Waals surface area contributed by atoms with Crippen LogP contribution in [0.1, 0.15) is 46.5 Å². The van der Waals surface area contributed by atoms with Gasteiger partial charge in [-0.2, -0.15) is 0 Å². The van der Waals surface area contributed by atoms with Gasteiger partial charge in [-0.15, -0.1) is 0 Å². The summed E-state index contributed by atoms with van der Waals surface area (Å²) < 4.78 is 4.85. The highest BCUT2D eigenvalue weighted by molar-refractivity contribution is 8.14. The van der Waals surface area contributed by atoms with Crippen molar-refractivity contribution in [2.75, 3.05) is 12.9 Å². The van der Waals surface area contributed by atoms with Gasteiger partial charge in [-0.25, -0.2) is 9.79 Å². The minimum absolute atomic E-state index is 0.152. The lowest BCUT2D eigenvalue weighted by Gasteiger charge is -2.36. The molecule has 0 amide bonds. The third-order valence-electron chi connectivity index (χ3n) is 4.28. The summed E-state index contributed by atoms with van der Waals surface area (Å²) in [6.07, 6.45) is 5.04. The molecule has 1 aliphatic carbocycles. The molecule has 1 heterocycles. The number of carbonyl (C=O) groups excluding carboxylic acids is 1. The molecule has 1 aliphatic heterocycles. The average Bonchev–Trinajstić information content (AvgIpc) is 2.77. The molecular weight excluding hydrogens is 272 g/mol. The third-order valence-corrected chi connectivity index (χ3v) is 5.46. The summed E-state index contributed by atoms with van der Waals surface area (Å²) in [5.74, 6) is 1.76. The Morgan fingerprint density at radius 2 is 2.30 bits per heavy atom. The SMILES string of the molecule is COC(=O)C(N=C1NC2(CCCC(C)C2)CS1)C(C)C. The summed E-state index contributed by atoms with van der Waals surface area (Å²) in [6.45, 7) is 6.33. The van der Waals surface area contributed by atoms with Gasteiger partial charge in [-0.1, -0.05) is 45.4 Å². The highest BCUT2D eigenvalue weighted by atomic mass is 32.2. The molecule has 2 aliphatic rings. The molecule has 5 heteroatoms. The third kappa shape index (κ3) is 3.48. The van der Waals surface area contributed by atoms with E-state index in [2.05, 4.69) is 17.2 Å². The van der Waals surface area contributed by atoms with Crippen molar-refractivity contribution in [2.24, 2.45) is 16.8 Å². The number of hydrogen-bond donors (Lipinski definition) is 1. The Balaban J connectivity index is 2.07. The fraction of sp³-hybridized carbons (Fsp3) is 0.867. The van der Waals surface area contributed by atoms with Crippen molar-refractivity contribution in [1.82, 2.24) is 5.32 Å². The molecule has 1 saturated carbocycles. The lowest BCUT2D eigenvalue weighted by molar-refractivity contribution is -0.143. The summed E-state index contributed by atoms with van der Waals surface area (Å²) in [6, 6.07) is -0.397. The van der Waals surface area contributed by atoms with Crippen molar-refractivity contribution in [1.29, 1.82) is 0 Å². The first-order valence-corrected chi connectivity index (χ1v) is 8.51. The van der Waals surface area contributed by atoms with E-state index in [0.717, 1.165) is 16.8 Å². The number of nitrogens with zero attached hydrogens (tertiary/aromatic N) is 1. The second-order valence-corrected chi connectivity index (χ2v) is 7.51. The van der Waals surface area contributed by atoms with Gasteiger partial charge in [0.15, 0.2) is 11.2 Å². The molecule has 0 aromatic heterocycles. The van der Waals surface area contributed by atoms with Gasteiger partial charge in [-0.05, 0) is 24.7 Å². The van der Waals surface area contributed by atoms with Gasteiger partial charge in [-0.3, -0.25) is 0 Å². The van der Waals surface area contributed by atoms with Crippen LogP contribution in [-0.4, -0.2) is 35.6 Å². The van der Waals surface area contributed by atoms with Crippen LogP contribution >= 0.6 is 11.8 Å². The van der Waals surface area contributed by atoms with E-state index in [0.29, 0.717) is 0 Å². The van der Waals surface area contributed by atoms with Gasteiger partial charge >= 0.3 is 5.97 Å². The van der Waals surface area contributed by atoms with Crippen LogP contribution in [0.15, 0.2) is 4.99 Å². The van der Waals surface area contributed by atoms with Gasteiger partial charge in [0.05, 0.1) is 7.11 Å². The second kappa shape index (κ2) is 6.37. The summed E-state index contributed by atoms with van der Waals surface area (Å²) in [5.41, 5.74) is 0.207. The zero-order chi connectivity index (χ0) is 14.8. The van der Waals surface area contributed by atoms with Crippen LogP contribution in [0, 0.1) is 11.8 Å². The minimum Gasteiger partial charge on any atom is -0.467 e. The molecule has 2 rings (SSSR count). The average molecular weight is 298 g/mol. The molecule has 0 radical (unpaired) electrons. The smallest absolute Gasteiger partial charge is 0.330 e. The fourth-order valence-electron chi connectivity index (χ4n) is 3.20. The molecule has 114 valence electrons. The zero-order valence-corrected chi connectivity index (χ0v) is 13.8. The lowest BCUT2D eigenvalue weighted by Crippen LogP contribution is -2.47. The number of ether oxygens (including phenoxy) is 1. The normalized spacial score (nSPS) is 33.5. The fourth-order valence-corrected chi connectivity index (χ4v) is 4.42. The molecule has 0 aromatic rings. The maximum absolute atomic E-state index is 11.8. The van der Waals surface area contributed by atoms with Crippen molar-refractivity contribution >= 4 is 22.9 Å². The molecule has 1 N–H and O–H groups in total. The first-order chi connectivity index (χ1) is 9.46. The lowest BCUT2D eigenvalue weighted by atomic mass is 9.78. The molecular formula is C15H26N2O2S. The van der Waals surface area contributed by atoms with Crippen molar-refractivity contribution in [3.05, 3.63) is 0 Å². The number of hydrogen-bond acceptors (Lipinski definition) is 4. The van der Waals surface area contributed by atoms with E-state index in [9.17, 15) is 4.79 Å². The van der Waals surface area contributed by atoms with Gasteiger partial charge in [0.1, 0.15) is 0 Å². The topological polar surface area (TPSA) is 50.7 Å². The van der Waals surface area contributed by atoms with Crippen LogP contribution in [-0.2, 0) is 9.53 Å². The van der Waals surface area contributed by atoms with Crippen molar-refractivity contribution in [3.8, 4) is 0 Å². The van der Waals surface area contributed by atoms with Crippen LogP contribution in [0.5, 0.6) is 0 Å². The van der Waals surface area contributed by atoms with E-state index in [1.807, 2.05) is 13.8 Å². The molecule has 0 aromatic carbocycles. The molecule has 3 atom stereocenters. The Morgan fingerprint density at radius 3 is 2.90 bits per heavy atom. The summed E-state index contributed by atoms with van der Waals surface area (Å²) in [5, 5.41) is 4.53. The number of esters is 1. The zero-order valence-electron chi connectivity index (χ0n) is 12.9. The van der Waals surface area contributed by atoms with Crippen LogP contribution in [0.2, 0.25) is 0 Å². The summed E-state index contributed by atoms with van der Waals surface area (Å²) in [7, 11) is 1.43. The molecule has 1 saturated heterocycles. The first kappa shape index (κ1) is 15.7. The Morgan fingerprint density at radius 1 is 1.55 bits per heavy atom.